The number of amides is 2. The van der Waals surface area contributed by atoms with Gasteiger partial charge in [-0.2, -0.15) is 11.3 Å². The van der Waals surface area contributed by atoms with Crippen LogP contribution in [-0.2, 0) is 11.2 Å². The zero-order chi connectivity index (χ0) is 18.5. The summed E-state index contributed by atoms with van der Waals surface area (Å²) in [5, 5.41) is 10.1. The Kier molecular flexibility index (Phi) is 6.43. The molecule has 1 N–H and O–H groups in total. The van der Waals surface area contributed by atoms with Gasteiger partial charge in [0, 0.05) is 48.7 Å². The van der Waals surface area contributed by atoms with Gasteiger partial charge in [0.2, 0.25) is 5.91 Å². The summed E-state index contributed by atoms with van der Waals surface area (Å²) >= 11 is 3.26. The lowest BCUT2D eigenvalue weighted by molar-refractivity contribution is -0.123. The molecule has 2 aromatic rings. The highest BCUT2D eigenvalue weighted by Gasteiger charge is 2.26. The molecule has 7 heteroatoms. The lowest BCUT2D eigenvalue weighted by Gasteiger charge is -2.31. The molecule has 0 aliphatic carbocycles. The first-order valence-electron chi connectivity index (χ1n) is 9.08. The summed E-state index contributed by atoms with van der Waals surface area (Å²) in [6.07, 6.45) is 2.70. The minimum atomic E-state index is 0.0166. The minimum absolute atomic E-state index is 0.0166. The molecule has 0 saturated carbocycles. The molecule has 1 aliphatic heterocycles. The van der Waals surface area contributed by atoms with E-state index in [1.54, 1.807) is 22.7 Å². The van der Waals surface area contributed by atoms with E-state index in [1.165, 1.54) is 0 Å². The average Bonchev–Trinajstić information content (AvgIpc) is 3.33. The summed E-state index contributed by atoms with van der Waals surface area (Å²) in [7, 11) is 0. The highest BCUT2D eigenvalue weighted by molar-refractivity contribution is 7.09. The zero-order valence-corrected chi connectivity index (χ0v) is 16.9. The summed E-state index contributed by atoms with van der Waals surface area (Å²) in [6, 6.07) is 1.89. The van der Waals surface area contributed by atoms with E-state index in [2.05, 4.69) is 10.7 Å². The minimum Gasteiger partial charge on any atom is -0.355 e. The molecule has 26 heavy (non-hydrogen) atoms. The van der Waals surface area contributed by atoms with Crippen LogP contribution in [0.2, 0.25) is 0 Å². The van der Waals surface area contributed by atoms with Crippen LogP contribution in [0.3, 0.4) is 0 Å². The molecule has 2 amide bonds. The second-order valence-corrected chi connectivity index (χ2v) is 8.62. The standard InChI is InChI=1S/C19H25N3O2S2/c1-13(2)17(23)20-7-3-16-12-26-18(21-16)14-4-8-22(9-5-14)19(24)15-6-10-25-11-15/h6,10-14H,3-5,7-9H2,1-2H3,(H,20,23). The van der Waals surface area contributed by atoms with Gasteiger partial charge in [-0.15, -0.1) is 11.3 Å². The van der Waals surface area contributed by atoms with Crippen molar-refractivity contribution in [3.8, 4) is 0 Å². The van der Waals surface area contributed by atoms with Crippen LogP contribution in [0.25, 0.3) is 0 Å². The molecule has 0 unspecified atom stereocenters. The van der Waals surface area contributed by atoms with Crippen molar-refractivity contribution in [2.45, 2.75) is 39.0 Å². The predicted molar refractivity (Wildman–Crippen MR) is 106 cm³/mol. The SMILES string of the molecule is CC(C)C(=O)NCCc1csc(C2CCN(C(=O)c3ccsc3)CC2)n1. The van der Waals surface area contributed by atoms with E-state index >= 15 is 0 Å². The van der Waals surface area contributed by atoms with Crippen LogP contribution in [0.15, 0.2) is 22.2 Å². The van der Waals surface area contributed by atoms with Gasteiger partial charge in [-0.25, -0.2) is 4.98 Å². The van der Waals surface area contributed by atoms with Gasteiger partial charge in [0.05, 0.1) is 16.3 Å². The number of nitrogens with one attached hydrogen (secondary N) is 1. The van der Waals surface area contributed by atoms with E-state index in [0.717, 1.165) is 48.6 Å². The number of nitrogens with zero attached hydrogens (tertiary/aromatic N) is 2. The Balaban J connectivity index is 1.47. The lowest BCUT2D eigenvalue weighted by atomic mass is 9.97. The second kappa shape index (κ2) is 8.77. The molecule has 0 aromatic carbocycles. The quantitative estimate of drug-likeness (QED) is 0.819. The van der Waals surface area contributed by atoms with Crippen molar-refractivity contribution in [1.82, 2.24) is 15.2 Å². The van der Waals surface area contributed by atoms with Gasteiger partial charge >= 0.3 is 0 Å². The number of carbonyl (C=O) groups is 2. The largest absolute Gasteiger partial charge is 0.355 e. The summed E-state index contributed by atoms with van der Waals surface area (Å²) in [6.45, 7) is 6.00. The van der Waals surface area contributed by atoms with Crippen LogP contribution in [0.5, 0.6) is 0 Å². The zero-order valence-electron chi connectivity index (χ0n) is 15.2. The van der Waals surface area contributed by atoms with E-state index in [-0.39, 0.29) is 17.7 Å². The Labute approximate surface area is 162 Å². The first kappa shape index (κ1) is 19.0. The van der Waals surface area contributed by atoms with Crippen molar-refractivity contribution in [3.05, 3.63) is 38.5 Å². The molecule has 1 fully saturated rings. The van der Waals surface area contributed by atoms with Gasteiger partial charge in [-0.3, -0.25) is 9.59 Å². The molecule has 5 nitrogen and oxygen atoms in total. The van der Waals surface area contributed by atoms with Crippen LogP contribution in [0, 0.1) is 5.92 Å². The fourth-order valence-electron chi connectivity index (χ4n) is 3.04. The number of rotatable bonds is 6. The topological polar surface area (TPSA) is 62.3 Å². The second-order valence-electron chi connectivity index (χ2n) is 6.95. The van der Waals surface area contributed by atoms with Crippen molar-refractivity contribution in [2.24, 2.45) is 5.92 Å². The maximum absolute atomic E-state index is 12.4. The Morgan fingerprint density at radius 2 is 2.08 bits per heavy atom. The van der Waals surface area contributed by atoms with Crippen molar-refractivity contribution < 1.29 is 9.59 Å². The number of piperidine rings is 1. The number of thiophene rings is 1. The lowest BCUT2D eigenvalue weighted by Crippen LogP contribution is -2.37. The van der Waals surface area contributed by atoms with Gasteiger partial charge in [-0.1, -0.05) is 13.8 Å². The van der Waals surface area contributed by atoms with Gasteiger partial charge in [0.1, 0.15) is 0 Å². The molecule has 140 valence electrons. The fraction of sp³-hybridized carbons (Fsp3) is 0.526. The summed E-state index contributed by atoms with van der Waals surface area (Å²) < 4.78 is 0. The van der Waals surface area contributed by atoms with Crippen molar-refractivity contribution in [3.63, 3.8) is 0 Å². The first-order chi connectivity index (χ1) is 12.5. The number of hydrogen-bond acceptors (Lipinski definition) is 5. The third-order valence-corrected chi connectivity index (χ3v) is 6.41. The van der Waals surface area contributed by atoms with Crippen molar-refractivity contribution in [2.75, 3.05) is 19.6 Å². The molecule has 0 spiro atoms. The van der Waals surface area contributed by atoms with Gasteiger partial charge in [-0.05, 0) is 24.3 Å². The van der Waals surface area contributed by atoms with E-state index in [4.69, 9.17) is 4.98 Å². The maximum atomic E-state index is 12.4. The first-order valence-corrected chi connectivity index (χ1v) is 10.9. The van der Waals surface area contributed by atoms with E-state index in [1.807, 2.05) is 35.6 Å². The van der Waals surface area contributed by atoms with Crippen molar-refractivity contribution in [1.29, 1.82) is 0 Å². The Morgan fingerprint density at radius 3 is 2.73 bits per heavy atom. The van der Waals surface area contributed by atoms with Crippen molar-refractivity contribution >= 4 is 34.5 Å². The third-order valence-electron chi connectivity index (χ3n) is 4.67. The maximum Gasteiger partial charge on any atom is 0.254 e. The van der Waals surface area contributed by atoms with Gasteiger partial charge in [0.15, 0.2) is 0 Å². The van der Waals surface area contributed by atoms with Crippen LogP contribution >= 0.6 is 22.7 Å². The third kappa shape index (κ3) is 4.71. The highest BCUT2D eigenvalue weighted by Crippen LogP contribution is 2.31. The Bertz CT molecular complexity index is 732. The highest BCUT2D eigenvalue weighted by atomic mass is 32.1. The molecule has 0 atom stereocenters. The van der Waals surface area contributed by atoms with Crippen LogP contribution in [-0.4, -0.2) is 41.3 Å². The molecular formula is C19H25N3O2S2. The van der Waals surface area contributed by atoms with Gasteiger partial charge in [0.25, 0.3) is 5.91 Å². The molecular weight excluding hydrogens is 366 g/mol. The molecule has 1 aliphatic rings. The molecule has 3 heterocycles. The molecule has 0 bridgehead atoms. The normalized spacial score (nSPS) is 15.4. The number of hydrogen-bond donors (Lipinski definition) is 1. The predicted octanol–water partition coefficient (Wildman–Crippen LogP) is 3.54. The van der Waals surface area contributed by atoms with E-state index in [9.17, 15) is 9.59 Å². The van der Waals surface area contributed by atoms with Crippen LogP contribution in [0.4, 0.5) is 0 Å². The smallest absolute Gasteiger partial charge is 0.254 e. The number of thiazole rings is 1. The summed E-state index contributed by atoms with van der Waals surface area (Å²) in [5.74, 6) is 0.682. The van der Waals surface area contributed by atoms with Gasteiger partial charge < -0.3 is 10.2 Å². The number of aromatic nitrogens is 1. The number of likely N-dealkylation sites (tertiary alicyclic amines) is 1. The van der Waals surface area contributed by atoms with Crippen LogP contribution < -0.4 is 5.32 Å². The summed E-state index contributed by atoms with van der Waals surface area (Å²) in [5.41, 5.74) is 1.85. The summed E-state index contributed by atoms with van der Waals surface area (Å²) in [4.78, 5) is 30.7. The van der Waals surface area contributed by atoms with Crippen LogP contribution in [0.1, 0.15) is 53.7 Å². The molecule has 0 radical (unpaired) electrons. The Hall–Kier alpha value is -1.73. The molecule has 3 rings (SSSR count). The number of carbonyl (C=O) groups excluding carboxylic acids is 2. The van der Waals surface area contributed by atoms with E-state index in [0.29, 0.717) is 12.5 Å². The monoisotopic (exact) mass is 391 g/mol. The molecule has 2 aromatic heterocycles. The fourth-order valence-corrected chi connectivity index (χ4v) is 4.70. The average molecular weight is 392 g/mol. The molecule has 1 saturated heterocycles. The van der Waals surface area contributed by atoms with E-state index < -0.39 is 0 Å². The Morgan fingerprint density at radius 1 is 1.31 bits per heavy atom.